The van der Waals surface area contributed by atoms with Crippen LogP contribution in [-0.4, -0.2) is 0 Å². The molecule has 0 aliphatic carbocycles. The van der Waals surface area contributed by atoms with Gasteiger partial charge in [-0.1, -0.05) is 49.7 Å². The molecule has 0 heterocycles. The van der Waals surface area contributed by atoms with Gasteiger partial charge in [0.25, 0.3) is 0 Å². The van der Waals surface area contributed by atoms with Crippen molar-refractivity contribution in [1.82, 2.24) is 0 Å². The second-order valence-electron chi connectivity index (χ2n) is 5.21. The maximum Gasteiger partial charge on any atom is 0.0554 e. The van der Waals surface area contributed by atoms with Crippen LogP contribution in [0.1, 0.15) is 47.7 Å². The summed E-state index contributed by atoms with van der Waals surface area (Å²) in [6, 6.07) is 12.4. The van der Waals surface area contributed by atoms with Gasteiger partial charge in [-0.15, -0.1) is 0 Å². The quantitative estimate of drug-likeness (QED) is 0.857. The molecule has 0 aliphatic heterocycles. The Morgan fingerprint density at radius 2 is 1.70 bits per heavy atom. The van der Waals surface area contributed by atoms with E-state index in [-0.39, 0.29) is 6.04 Å². The van der Waals surface area contributed by atoms with Gasteiger partial charge in [0.1, 0.15) is 0 Å². The van der Waals surface area contributed by atoms with Gasteiger partial charge in [0.2, 0.25) is 0 Å². The highest BCUT2D eigenvalue weighted by Crippen LogP contribution is 2.27. The summed E-state index contributed by atoms with van der Waals surface area (Å²) < 4.78 is 0. The van der Waals surface area contributed by atoms with Gasteiger partial charge < -0.3 is 5.73 Å². The van der Waals surface area contributed by atoms with E-state index in [0.29, 0.717) is 0 Å². The zero-order chi connectivity index (χ0) is 14.7. The van der Waals surface area contributed by atoms with Gasteiger partial charge in [0, 0.05) is 5.02 Å². The average molecular weight is 288 g/mol. The fraction of sp³-hybridized carbons (Fsp3) is 0.333. The summed E-state index contributed by atoms with van der Waals surface area (Å²) in [6.45, 7) is 6.45. The van der Waals surface area contributed by atoms with Crippen molar-refractivity contribution in [3.63, 3.8) is 0 Å². The second kappa shape index (κ2) is 6.43. The first-order chi connectivity index (χ1) is 9.56. The van der Waals surface area contributed by atoms with Gasteiger partial charge in [0.05, 0.1) is 6.04 Å². The first-order valence-corrected chi connectivity index (χ1v) is 7.58. The highest BCUT2D eigenvalue weighted by atomic mass is 35.5. The molecule has 0 fully saturated rings. The summed E-state index contributed by atoms with van der Waals surface area (Å²) in [7, 11) is 0. The molecule has 0 aromatic heterocycles. The number of nitrogens with two attached hydrogens (primary N) is 1. The Hall–Kier alpha value is -1.31. The monoisotopic (exact) mass is 287 g/mol. The van der Waals surface area contributed by atoms with Crippen LogP contribution in [0.25, 0.3) is 0 Å². The van der Waals surface area contributed by atoms with Gasteiger partial charge in [0.15, 0.2) is 0 Å². The van der Waals surface area contributed by atoms with Crippen molar-refractivity contribution < 1.29 is 0 Å². The molecule has 0 amide bonds. The molecule has 2 heteroatoms. The van der Waals surface area contributed by atoms with Crippen LogP contribution in [0, 0.1) is 6.92 Å². The number of aryl methyl sites for hydroxylation is 3. The smallest absolute Gasteiger partial charge is 0.0554 e. The third-order valence-corrected chi connectivity index (χ3v) is 4.16. The molecule has 2 rings (SSSR count). The van der Waals surface area contributed by atoms with E-state index in [1.165, 1.54) is 16.7 Å². The average Bonchev–Trinajstić information content (AvgIpc) is 2.48. The zero-order valence-corrected chi connectivity index (χ0v) is 13.2. The largest absolute Gasteiger partial charge is 0.320 e. The van der Waals surface area contributed by atoms with E-state index in [1.807, 2.05) is 18.2 Å². The topological polar surface area (TPSA) is 26.0 Å². The minimum atomic E-state index is -0.120. The lowest BCUT2D eigenvalue weighted by Gasteiger charge is -2.18. The SMILES string of the molecule is CCc1ccc(C(N)c2cc(Cl)ccc2C)cc1CC. The van der Waals surface area contributed by atoms with Crippen molar-refractivity contribution >= 4 is 11.6 Å². The molecule has 0 spiro atoms. The van der Waals surface area contributed by atoms with Gasteiger partial charge in [-0.05, 0) is 59.7 Å². The van der Waals surface area contributed by atoms with E-state index >= 15 is 0 Å². The second-order valence-corrected chi connectivity index (χ2v) is 5.65. The van der Waals surface area contributed by atoms with Crippen molar-refractivity contribution in [2.24, 2.45) is 5.73 Å². The minimum absolute atomic E-state index is 0.120. The fourth-order valence-corrected chi connectivity index (χ4v) is 2.82. The number of hydrogen-bond acceptors (Lipinski definition) is 1. The molecular formula is C18H22ClN. The lowest BCUT2D eigenvalue weighted by molar-refractivity contribution is 0.854. The van der Waals surface area contributed by atoms with Crippen LogP contribution in [0.4, 0.5) is 0 Å². The predicted molar refractivity (Wildman–Crippen MR) is 87.4 cm³/mol. The summed E-state index contributed by atoms with van der Waals surface area (Å²) in [4.78, 5) is 0. The summed E-state index contributed by atoms with van der Waals surface area (Å²) in [6.07, 6.45) is 2.10. The molecule has 2 aromatic carbocycles. The molecule has 1 nitrogen and oxygen atoms in total. The van der Waals surface area contributed by atoms with E-state index in [2.05, 4.69) is 39.0 Å². The Morgan fingerprint density at radius 1 is 1.00 bits per heavy atom. The van der Waals surface area contributed by atoms with Crippen LogP contribution in [0.15, 0.2) is 36.4 Å². The molecule has 0 saturated heterocycles. The Labute approximate surface area is 126 Å². The van der Waals surface area contributed by atoms with Crippen molar-refractivity contribution in [2.75, 3.05) is 0 Å². The van der Waals surface area contributed by atoms with E-state index in [4.69, 9.17) is 17.3 Å². The normalized spacial score (nSPS) is 12.4. The van der Waals surface area contributed by atoms with Crippen molar-refractivity contribution in [3.8, 4) is 0 Å². The summed E-state index contributed by atoms with van der Waals surface area (Å²) >= 11 is 6.10. The molecule has 2 N–H and O–H groups in total. The molecule has 0 radical (unpaired) electrons. The van der Waals surface area contributed by atoms with E-state index in [9.17, 15) is 0 Å². The van der Waals surface area contributed by atoms with Crippen LogP contribution < -0.4 is 5.73 Å². The Bertz CT molecular complexity index is 604. The van der Waals surface area contributed by atoms with E-state index in [1.54, 1.807) is 0 Å². The maximum atomic E-state index is 6.44. The molecule has 2 aromatic rings. The molecule has 0 aliphatic rings. The first-order valence-electron chi connectivity index (χ1n) is 7.20. The molecule has 0 bridgehead atoms. The summed E-state index contributed by atoms with van der Waals surface area (Å²) in [5, 5.41) is 0.738. The van der Waals surface area contributed by atoms with Gasteiger partial charge in [-0.3, -0.25) is 0 Å². The highest BCUT2D eigenvalue weighted by molar-refractivity contribution is 6.30. The number of hydrogen-bond donors (Lipinski definition) is 1. The van der Waals surface area contributed by atoms with Crippen molar-refractivity contribution in [3.05, 3.63) is 69.2 Å². The summed E-state index contributed by atoms with van der Waals surface area (Å²) in [5.74, 6) is 0. The van der Waals surface area contributed by atoms with Crippen LogP contribution in [0.5, 0.6) is 0 Å². The van der Waals surface area contributed by atoms with Crippen molar-refractivity contribution in [1.29, 1.82) is 0 Å². The molecule has 20 heavy (non-hydrogen) atoms. The number of halogens is 1. The lowest BCUT2D eigenvalue weighted by Crippen LogP contribution is -2.14. The maximum absolute atomic E-state index is 6.44. The molecule has 1 atom stereocenters. The number of rotatable bonds is 4. The highest BCUT2D eigenvalue weighted by Gasteiger charge is 2.13. The third kappa shape index (κ3) is 3.05. The fourth-order valence-electron chi connectivity index (χ4n) is 2.64. The summed E-state index contributed by atoms with van der Waals surface area (Å²) in [5.41, 5.74) is 12.7. The Kier molecular flexibility index (Phi) is 4.85. The molecule has 1 unspecified atom stereocenters. The molecule has 106 valence electrons. The van der Waals surface area contributed by atoms with Gasteiger partial charge in [-0.2, -0.15) is 0 Å². The predicted octanol–water partition coefficient (Wildman–Crippen LogP) is 4.82. The van der Waals surface area contributed by atoms with E-state index in [0.717, 1.165) is 29.0 Å². The minimum Gasteiger partial charge on any atom is -0.320 e. The Balaban J connectivity index is 2.42. The van der Waals surface area contributed by atoms with Crippen LogP contribution in [0.3, 0.4) is 0 Å². The molecular weight excluding hydrogens is 266 g/mol. The van der Waals surface area contributed by atoms with Crippen LogP contribution in [-0.2, 0) is 12.8 Å². The van der Waals surface area contributed by atoms with E-state index < -0.39 is 0 Å². The van der Waals surface area contributed by atoms with Gasteiger partial charge >= 0.3 is 0 Å². The standard InChI is InChI=1S/C18H22ClN/c1-4-13-7-8-15(10-14(13)5-2)18(20)17-11-16(19)9-6-12(17)3/h6-11,18H,4-5,20H2,1-3H3. The zero-order valence-electron chi connectivity index (χ0n) is 12.4. The van der Waals surface area contributed by atoms with Gasteiger partial charge in [-0.25, -0.2) is 0 Å². The third-order valence-electron chi connectivity index (χ3n) is 3.93. The molecule has 0 saturated carbocycles. The Morgan fingerprint density at radius 3 is 2.35 bits per heavy atom. The first kappa shape index (κ1) is 15.1. The number of benzene rings is 2. The van der Waals surface area contributed by atoms with Crippen molar-refractivity contribution in [2.45, 2.75) is 39.7 Å². The lowest BCUT2D eigenvalue weighted by atomic mass is 9.92. The van der Waals surface area contributed by atoms with Crippen LogP contribution in [0.2, 0.25) is 5.02 Å². The van der Waals surface area contributed by atoms with Crippen LogP contribution >= 0.6 is 11.6 Å².